The van der Waals surface area contributed by atoms with Crippen LogP contribution in [0.1, 0.15) is 45.8 Å². The van der Waals surface area contributed by atoms with Gasteiger partial charge in [0.25, 0.3) is 0 Å². The summed E-state index contributed by atoms with van der Waals surface area (Å²) in [6.07, 6.45) is 1.17. The summed E-state index contributed by atoms with van der Waals surface area (Å²) < 4.78 is 7.05. The minimum Gasteiger partial charge on any atom is -0.451 e. The number of anilines is 1. The molecule has 3 aromatic rings. The van der Waals surface area contributed by atoms with E-state index in [1.165, 1.54) is 13.1 Å². The minimum atomic E-state index is -0.952. The van der Waals surface area contributed by atoms with Crippen molar-refractivity contribution in [3.8, 4) is 0 Å². The van der Waals surface area contributed by atoms with Gasteiger partial charge in [0.05, 0.1) is 11.3 Å². The molecule has 1 aromatic carbocycles. The normalized spacial score (nSPS) is 13.9. The molecule has 1 atom stereocenters. The summed E-state index contributed by atoms with van der Waals surface area (Å²) in [7, 11) is 1.79. The fraction of sp³-hybridized carbons (Fsp3) is 0.318. The smallest absolute Gasteiger partial charge is 0.340 e. The maximum Gasteiger partial charge on any atom is 0.340 e. The number of rotatable bonds is 4. The summed E-state index contributed by atoms with van der Waals surface area (Å²) in [6.45, 7) is 5.52. The quantitative estimate of drug-likeness (QED) is 0.488. The molecule has 0 N–H and O–H groups in total. The predicted octanol–water partition coefficient (Wildman–Crippen LogP) is 2.61. The number of hydrogen-bond acceptors (Lipinski definition) is 6. The molecule has 30 heavy (non-hydrogen) atoms. The number of Topliss-reactive ketones (excluding diaryl/α,β-unsaturated/α-hetero) is 1. The van der Waals surface area contributed by atoms with Crippen LogP contribution in [-0.2, 0) is 23.0 Å². The number of esters is 1. The highest BCUT2D eigenvalue weighted by molar-refractivity contribution is 6.03. The van der Waals surface area contributed by atoms with Gasteiger partial charge in [-0.25, -0.2) is 9.78 Å². The van der Waals surface area contributed by atoms with E-state index in [-0.39, 0.29) is 17.3 Å². The van der Waals surface area contributed by atoms with Gasteiger partial charge in [-0.1, -0.05) is 0 Å². The number of pyridine rings is 1. The summed E-state index contributed by atoms with van der Waals surface area (Å²) in [6, 6.07) is 6.89. The lowest BCUT2D eigenvalue weighted by Gasteiger charge is -2.16. The van der Waals surface area contributed by atoms with Crippen LogP contribution in [0, 0.1) is 6.92 Å². The molecule has 0 radical (unpaired) electrons. The summed E-state index contributed by atoms with van der Waals surface area (Å²) >= 11 is 0. The first-order chi connectivity index (χ1) is 14.3. The van der Waals surface area contributed by atoms with Gasteiger partial charge in [0, 0.05) is 43.4 Å². The van der Waals surface area contributed by atoms with Gasteiger partial charge >= 0.3 is 5.97 Å². The molecule has 8 nitrogen and oxygen atoms in total. The number of carbonyl (C=O) groups is 3. The Morgan fingerprint density at radius 3 is 2.67 bits per heavy atom. The lowest BCUT2D eigenvalue weighted by Crippen LogP contribution is -2.26. The van der Waals surface area contributed by atoms with Crippen LogP contribution in [0.15, 0.2) is 30.5 Å². The van der Waals surface area contributed by atoms with Crippen molar-refractivity contribution in [2.75, 3.05) is 11.4 Å². The summed E-state index contributed by atoms with van der Waals surface area (Å²) in [4.78, 5) is 43.0. The van der Waals surface area contributed by atoms with Gasteiger partial charge in [0.1, 0.15) is 0 Å². The second-order valence-electron chi connectivity index (χ2n) is 7.48. The zero-order valence-electron chi connectivity index (χ0n) is 17.3. The van der Waals surface area contributed by atoms with Crippen LogP contribution in [0.2, 0.25) is 0 Å². The molecule has 0 aliphatic carbocycles. The third kappa shape index (κ3) is 3.34. The molecule has 0 saturated carbocycles. The van der Waals surface area contributed by atoms with Crippen molar-refractivity contribution in [3.05, 3.63) is 52.8 Å². The van der Waals surface area contributed by atoms with Crippen LogP contribution in [0.3, 0.4) is 0 Å². The van der Waals surface area contributed by atoms with E-state index in [0.29, 0.717) is 24.2 Å². The van der Waals surface area contributed by atoms with Crippen molar-refractivity contribution in [2.24, 2.45) is 7.05 Å². The number of nitrogens with zero attached hydrogens (tertiary/aromatic N) is 4. The first-order valence-corrected chi connectivity index (χ1v) is 9.72. The highest BCUT2D eigenvalue weighted by Crippen LogP contribution is 2.29. The Balaban J connectivity index is 1.50. The summed E-state index contributed by atoms with van der Waals surface area (Å²) in [5.74, 6) is -0.930. The average molecular weight is 406 g/mol. The lowest BCUT2D eigenvalue weighted by molar-refractivity contribution is -0.116. The Hall–Kier alpha value is -3.55. The highest BCUT2D eigenvalue weighted by atomic mass is 16.5. The molecule has 0 fully saturated rings. The first kappa shape index (κ1) is 19.8. The molecular weight excluding hydrogens is 384 g/mol. The number of carbonyl (C=O) groups excluding carboxylic acids is 3. The molecule has 3 heterocycles. The second-order valence-corrected chi connectivity index (χ2v) is 7.48. The number of amides is 1. The van der Waals surface area contributed by atoms with Crippen LogP contribution in [0.5, 0.6) is 0 Å². The van der Waals surface area contributed by atoms with Crippen molar-refractivity contribution in [1.82, 2.24) is 14.8 Å². The number of benzene rings is 1. The van der Waals surface area contributed by atoms with E-state index < -0.39 is 12.1 Å². The Morgan fingerprint density at radius 1 is 1.17 bits per heavy atom. The number of fused-ring (bicyclic) bond motifs is 2. The number of hydrogen-bond donors (Lipinski definition) is 0. The third-order valence-electron chi connectivity index (χ3n) is 5.39. The molecule has 2 aromatic heterocycles. The molecule has 8 heteroatoms. The zero-order valence-corrected chi connectivity index (χ0v) is 17.3. The fourth-order valence-electron chi connectivity index (χ4n) is 3.82. The molecule has 1 unspecified atom stereocenters. The van der Waals surface area contributed by atoms with Crippen molar-refractivity contribution >= 4 is 34.4 Å². The van der Waals surface area contributed by atoms with Crippen molar-refractivity contribution < 1.29 is 19.1 Å². The van der Waals surface area contributed by atoms with Crippen molar-refractivity contribution in [1.29, 1.82) is 0 Å². The number of aromatic nitrogens is 3. The molecule has 0 saturated heterocycles. The Kier molecular flexibility index (Phi) is 4.85. The van der Waals surface area contributed by atoms with E-state index in [9.17, 15) is 14.4 Å². The van der Waals surface area contributed by atoms with Crippen molar-refractivity contribution in [2.45, 2.75) is 33.3 Å². The number of aryl methyl sites for hydroxylation is 2. The van der Waals surface area contributed by atoms with E-state index in [1.54, 1.807) is 47.8 Å². The maximum atomic E-state index is 12.8. The zero-order chi connectivity index (χ0) is 21.6. The topological polar surface area (TPSA) is 94.4 Å². The van der Waals surface area contributed by atoms with Gasteiger partial charge < -0.3 is 9.64 Å². The Labute approximate surface area is 173 Å². The summed E-state index contributed by atoms with van der Waals surface area (Å²) in [5.41, 5.74) is 3.93. The molecular formula is C22H22N4O4. The van der Waals surface area contributed by atoms with Gasteiger partial charge in [0.15, 0.2) is 11.8 Å². The van der Waals surface area contributed by atoms with Crippen LogP contribution in [0.25, 0.3) is 11.0 Å². The average Bonchev–Trinajstić information content (AvgIpc) is 3.27. The van der Waals surface area contributed by atoms with Gasteiger partial charge in [-0.15, -0.1) is 0 Å². The Morgan fingerprint density at radius 2 is 1.93 bits per heavy atom. The molecule has 0 bridgehead atoms. The fourth-order valence-corrected chi connectivity index (χ4v) is 3.82. The molecule has 1 amide bonds. The largest absolute Gasteiger partial charge is 0.451 e. The molecule has 154 valence electrons. The maximum absolute atomic E-state index is 12.8. The van der Waals surface area contributed by atoms with Gasteiger partial charge in [-0.3, -0.25) is 14.3 Å². The lowest BCUT2D eigenvalue weighted by atomic mass is 10.0. The molecule has 1 aliphatic heterocycles. The van der Waals surface area contributed by atoms with E-state index in [4.69, 9.17) is 4.74 Å². The SMILES string of the molecule is CC(=O)N1CCc2cc(C(=O)C(C)OC(=O)c3cnc4c(c3)c(C)nn4C)ccc21. The van der Waals surface area contributed by atoms with Gasteiger partial charge in [-0.05, 0) is 50.1 Å². The van der Waals surface area contributed by atoms with Crippen LogP contribution >= 0.6 is 0 Å². The monoisotopic (exact) mass is 406 g/mol. The van der Waals surface area contributed by atoms with Gasteiger partial charge in [0.2, 0.25) is 11.7 Å². The Bertz CT molecular complexity index is 1200. The van der Waals surface area contributed by atoms with Gasteiger partial charge in [-0.2, -0.15) is 5.10 Å². The first-order valence-electron chi connectivity index (χ1n) is 9.72. The minimum absolute atomic E-state index is 0.0236. The standard InChI is InChI=1S/C22H22N4O4/c1-12-18-10-17(11-23-21(18)25(4)24-12)22(29)30-13(2)20(28)16-5-6-19-15(9-16)7-8-26(19)14(3)27/h5-6,9-11,13H,7-8H2,1-4H3. The van der Waals surface area contributed by atoms with E-state index in [0.717, 1.165) is 22.3 Å². The second kappa shape index (κ2) is 7.37. The van der Waals surface area contributed by atoms with Crippen molar-refractivity contribution in [3.63, 3.8) is 0 Å². The predicted molar refractivity (Wildman–Crippen MR) is 111 cm³/mol. The number of ether oxygens (including phenoxy) is 1. The third-order valence-corrected chi connectivity index (χ3v) is 5.39. The van der Waals surface area contributed by atoms with E-state index in [2.05, 4.69) is 10.1 Å². The summed E-state index contributed by atoms with van der Waals surface area (Å²) in [5, 5.41) is 5.05. The van der Waals surface area contributed by atoms with E-state index in [1.807, 2.05) is 6.92 Å². The van der Waals surface area contributed by atoms with Crippen LogP contribution in [-0.4, -0.2) is 45.1 Å². The molecule has 0 spiro atoms. The molecule has 1 aliphatic rings. The van der Waals surface area contributed by atoms with Crippen LogP contribution < -0.4 is 4.90 Å². The highest BCUT2D eigenvalue weighted by Gasteiger charge is 2.26. The molecule has 4 rings (SSSR count). The van der Waals surface area contributed by atoms with Crippen LogP contribution in [0.4, 0.5) is 5.69 Å². The van der Waals surface area contributed by atoms with E-state index >= 15 is 0 Å². The number of ketones is 1.